The van der Waals surface area contributed by atoms with Crippen LogP contribution in [0.5, 0.6) is 0 Å². The molecule has 0 radical (unpaired) electrons. The number of nitrogens with one attached hydrogen (secondary N) is 1. The molecule has 0 spiro atoms. The maximum Gasteiger partial charge on any atom is 0.275 e. The summed E-state index contributed by atoms with van der Waals surface area (Å²) in [5.74, 6) is 0.744. The maximum absolute atomic E-state index is 12.4. The Morgan fingerprint density at radius 2 is 2.23 bits per heavy atom. The molecule has 1 saturated heterocycles. The largest absolute Gasteiger partial charge is 0.448 e. The number of aromatic nitrogens is 3. The van der Waals surface area contributed by atoms with Crippen LogP contribution < -0.4 is 5.56 Å². The van der Waals surface area contributed by atoms with E-state index in [1.165, 1.54) is 12.3 Å². The number of hydrogen-bond donors (Lipinski definition) is 1. The van der Waals surface area contributed by atoms with E-state index >= 15 is 0 Å². The number of carbonyl (C=O) groups is 1. The number of aromatic amines is 1. The van der Waals surface area contributed by atoms with Gasteiger partial charge in [-0.05, 0) is 6.92 Å². The van der Waals surface area contributed by atoms with Crippen molar-refractivity contribution in [3.63, 3.8) is 0 Å². The third-order valence-electron chi connectivity index (χ3n) is 3.40. The number of carbonyl (C=O) groups excluding carboxylic acids is 1. The normalized spacial score (nSPS) is 18.5. The van der Waals surface area contributed by atoms with Crippen LogP contribution in [0.1, 0.15) is 34.0 Å². The molecule has 0 bridgehead atoms. The molecule has 1 amide bonds. The van der Waals surface area contributed by atoms with Crippen molar-refractivity contribution >= 4 is 5.91 Å². The summed E-state index contributed by atoms with van der Waals surface area (Å²) in [7, 11) is 0. The van der Waals surface area contributed by atoms with Crippen molar-refractivity contribution in [3.8, 4) is 0 Å². The van der Waals surface area contributed by atoms with Crippen molar-refractivity contribution in [1.29, 1.82) is 0 Å². The summed E-state index contributed by atoms with van der Waals surface area (Å²) in [6.07, 6.45) is 0.921. The van der Waals surface area contributed by atoms with Crippen LogP contribution in [-0.4, -0.2) is 45.5 Å². The molecule has 8 nitrogen and oxygen atoms in total. The zero-order valence-electron chi connectivity index (χ0n) is 12.3. The van der Waals surface area contributed by atoms with Crippen LogP contribution in [0.25, 0.3) is 0 Å². The highest BCUT2D eigenvalue weighted by Gasteiger charge is 2.28. The van der Waals surface area contributed by atoms with E-state index in [-0.39, 0.29) is 17.2 Å². The van der Waals surface area contributed by atoms with E-state index in [2.05, 4.69) is 15.0 Å². The predicted octanol–water partition coefficient (Wildman–Crippen LogP) is 0.588. The number of hydrogen-bond acceptors (Lipinski definition) is 6. The molecule has 2 aromatic rings. The topological polar surface area (TPSA) is 101 Å². The number of H-pyrrole nitrogens is 1. The molecule has 1 aliphatic heterocycles. The van der Waals surface area contributed by atoms with E-state index in [4.69, 9.17) is 9.15 Å². The lowest BCUT2D eigenvalue weighted by Gasteiger charge is -2.32. The van der Waals surface area contributed by atoms with Gasteiger partial charge in [0.05, 0.1) is 18.8 Å². The Morgan fingerprint density at radius 1 is 1.41 bits per heavy atom. The number of ether oxygens (including phenoxy) is 1. The molecule has 3 heterocycles. The molecular weight excluding hydrogens is 288 g/mol. The fourth-order valence-electron chi connectivity index (χ4n) is 2.40. The minimum Gasteiger partial charge on any atom is -0.448 e. The van der Waals surface area contributed by atoms with Gasteiger partial charge in [-0.2, -0.15) is 0 Å². The summed E-state index contributed by atoms with van der Waals surface area (Å²) in [6.45, 7) is 4.54. The number of morpholine rings is 1. The Morgan fingerprint density at radius 3 is 2.91 bits per heavy atom. The van der Waals surface area contributed by atoms with Gasteiger partial charge in [0.25, 0.3) is 11.5 Å². The van der Waals surface area contributed by atoms with E-state index in [1.54, 1.807) is 18.7 Å². The highest BCUT2D eigenvalue weighted by atomic mass is 16.5. The summed E-state index contributed by atoms with van der Waals surface area (Å²) in [5.41, 5.74) is 0.560. The number of aryl methyl sites for hydroxylation is 2. The smallest absolute Gasteiger partial charge is 0.275 e. The third-order valence-corrected chi connectivity index (χ3v) is 3.40. The van der Waals surface area contributed by atoms with Crippen LogP contribution in [-0.2, 0) is 4.74 Å². The minimum atomic E-state index is -0.424. The van der Waals surface area contributed by atoms with Gasteiger partial charge in [-0.25, -0.2) is 9.97 Å². The lowest BCUT2D eigenvalue weighted by molar-refractivity contribution is -0.0250. The molecule has 0 saturated carbocycles. The molecule has 1 N–H and O–H groups in total. The van der Waals surface area contributed by atoms with Gasteiger partial charge in [0.1, 0.15) is 18.2 Å². The van der Waals surface area contributed by atoms with E-state index in [1.807, 2.05) is 0 Å². The minimum absolute atomic E-state index is 0.216. The van der Waals surface area contributed by atoms with Gasteiger partial charge in [-0.1, -0.05) is 0 Å². The van der Waals surface area contributed by atoms with Gasteiger partial charge in [-0.3, -0.25) is 9.59 Å². The van der Waals surface area contributed by atoms with Gasteiger partial charge < -0.3 is 19.0 Å². The zero-order valence-corrected chi connectivity index (χ0v) is 12.3. The maximum atomic E-state index is 12.4. The first-order valence-electron chi connectivity index (χ1n) is 6.94. The van der Waals surface area contributed by atoms with E-state index < -0.39 is 6.10 Å². The summed E-state index contributed by atoms with van der Waals surface area (Å²) in [4.78, 5) is 36.5. The first kappa shape index (κ1) is 14.5. The van der Waals surface area contributed by atoms with Crippen LogP contribution in [0, 0.1) is 13.8 Å². The van der Waals surface area contributed by atoms with E-state index in [0.29, 0.717) is 37.1 Å². The molecule has 1 fully saturated rings. The van der Waals surface area contributed by atoms with Crippen LogP contribution in [0.15, 0.2) is 21.5 Å². The number of nitrogens with zero attached hydrogens (tertiary/aromatic N) is 3. The fraction of sp³-hybridized carbons (Fsp3) is 0.429. The number of oxazole rings is 1. The predicted molar refractivity (Wildman–Crippen MR) is 75.4 cm³/mol. The molecule has 0 unspecified atom stereocenters. The number of rotatable bonds is 2. The zero-order chi connectivity index (χ0) is 15.7. The molecule has 116 valence electrons. The van der Waals surface area contributed by atoms with Crippen LogP contribution in [0.2, 0.25) is 0 Å². The second-order valence-electron chi connectivity index (χ2n) is 5.12. The van der Waals surface area contributed by atoms with Crippen molar-refractivity contribution in [2.24, 2.45) is 0 Å². The standard InChI is InChI=1S/C14H16N4O4/c1-8-15-10(5-13(19)16-8)12-6-18(3-4-21-12)14(20)11-7-22-9(2)17-11/h5,7,12H,3-4,6H2,1-2H3,(H,15,16,19)/t12-/m0/s1. The summed E-state index contributed by atoms with van der Waals surface area (Å²) in [6, 6.07) is 1.39. The third kappa shape index (κ3) is 2.91. The lowest BCUT2D eigenvalue weighted by atomic mass is 10.2. The monoisotopic (exact) mass is 304 g/mol. The van der Waals surface area contributed by atoms with Crippen LogP contribution in [0.4, 0.5) is 0 Å². The average Bonchev–Trinajstić information content (AvgIpc) is 2.92. The van der Waals surface area contributed by atoms with E-state index in [0.717, 1.165) is 0 Å². The van der Waals surface area contributed by atoms with Crippen molar-refractivity contribution in [1.82, 2.24) is 19.9 Å². The molecular formula is C14H16N4O4. The first-order chi connectivity index (χ1) is 10.5. The summed E-state index contributed by atoms with van der Waals surface area (Å²) < 4.78 is 10.7. The molecule has 3 rings (SSSR count). The van der Waals surface area contributed by atoms with Crippen molar-refractivity contribution in [2.45, 2.75) is 20.0 Å². The van der Waals surface area contributed by atoms with Gasteiger partial charge in [0.15, 0.2) is 11.6 Å². The van der Waals surface area contributed by atoms with Gasteiger partial charge >= 0.3 is 0 Å². The first-order valence-corrected chi connectivity index (χ1v) is 6.94. The SMILES string of the molecule is Cc1nc([C@@H]2CN(C(=O)c3coc(C)n3)CCO2)cc(=O)[nH]1. The van der Waals surface area contributed by atoms with Gasteiger partial charge in [0, 0.05) is 19.5 Å². The second kappa shape index (κ2) is 5.72. The van der Waals surface area contributed by atoms with Crippen molar-refractivity contribution < 1.29 is 13.9 Å². The van der Waals surface area contributed by atoms with Gasteiger partial charge in [0.2, 0.25) is 0 Å². The Balaban J connectivity index is 1.79. The quantitative estimate of drug-likeness (QED) is 0.871. The highest BCUT2D eigenvalue weighted by molar-refractivity contribution is 5.92. The summed E-state index contributed by atoms with van der Waals surface area (Å²) >= 11 is 0. The molecule has 0 aliphatic carbocycles. The van der Waals surface area contributed by atoms with Crippen molar-refractivity contribution in [3.05, 3.63) is 45.8 Å². The Hall–Kier alpha value is -2.48. The Kier molecular flexibility index (Phi) is 3.76. The van der Waals surface area contributed by atoms with Crippen LogP contribution >= 0.6 is 0 Å². The molecule has 0 aromatic carbocycles. The molecule has 1 atom stereocenters. The molecule has 22 heavy (non-hydrogen) atoms. The average molecular weight is 304 g/mol. The molecule has 8 heteroatoms. The van der Waals surface area contributed by atoms with Gasteiger partial charge in [-0.15, -0.1) is 0 Å². The fourth-order valence-corrected chi connectivity index (χ4v) is 2.40. The summed E-state index contributed by atoms with van der Waals surface area (Å²) in [5, 5.41) is 0. The second-order valence-corrected chi connectivity index (χ2v) is 5.12. The van der Waals surface area contributed by atoms with Crippen LogP contribution in [0.3, 0.4) is 0 Å². The molecule has 2 aromatic heterocycles. The van der Waals surface area contributed by atoms with Crippen molar-refractivity contribution in [2.75, 3.05) is 19.7 Å². The van der Waals surface area contributed by atoms with E-state index in [9.17, 15) is 9.59 Å². The lowest BCUT2D eigenvalue weighted by Crippen LogP contribution is -2.42. The number of amides is 1. The Labute approximate surface area is 126 Å². The highest BCUT2D eigenvalue weighted by Crippen LogP contribution is 2.21. The Bertz CT molecular complexity index is 751. The molecule has 1 aliphatic rings.